The van der Waals surface area contributed by atoms with Gasteiger partial charge in [0.25, 0.3) is 0 Å². The second kappa shape index (κ2) is 14.0. The number of hydrogen-bond donors (Lipinski definition) is 1. The SMILES string of the molecule is CCC(=O)c1oc2ccncc2c1NC(=O)C1CCC(C(=O)N(C)CCN(C)C)CC1.Cc1ccc(C)nc1. The summed E-state index contributed by atoms with van der Waals surface area (Å²) in [6, 6.07) is 5.75. The molecular weight excluding hydrogens is 494 g/mol. The minimum Gasteiger partial charge on any atom is -0.451 e. The van der Waals surface area contributed by atoms with E-state index in [0.717, 1.165) is 12.2 Å². The van der Waals surface area contributed by atoms with Gasteiger partial charge in [0.05, 0.1) is 5.39 Å². The Morgan fingerprint density at radius 1 is 0.974 bits per heavy atom. The molecule has 3 heterocycles. The molecule has 0 atom stereocenters. The Morgan fingerprint density at radius 2 is 1.67 bits per heavy atom. The van der Waals surface area contributed by atoms with Gasteiger partial charge in [0.1, 0.15) is 11.3 Å². The summed E-state index contributed by atoms with van der Waals surface area (Å²) in [5.41, 5.74) is 3.23. The zero-order valence-electron chi connectivity index (χ0n) is 24.0. The molecule has 1 N–H and O–H groups in total. The highest BCUT2D eigenvalue weighted by molar-refractivity contribution is 6.11. The molecular formula is C30H41N5O4. The van der Waals surface area contributed by atoms with Gasteiger partial charge in [0.15, 0.2) is 11.5 Å². The third-order valence-electron chi connectivity index (χ3n) is 7.08. The number of nitrogens with one attached hydrogen (secondary N) is 1. The monoisotopic (exact) mass is 535 g/mol. The van der Waals surface area contributed by atoms with E-state index in [2.05, 4.69) is 26.3 Å². The minimum absolute atomic E-state index is 0.0348. The first-order valence-corrected chi connectivity index (χ1v) is 13.6. The number of nitrogens with zero attached hydrogens (tertiary/aromatic N) is 4. The molecule has 210 valence electrons. The summed E-state index contributed by atoms with van der Waals surface area (Å²) in [6.07, 6.45) is 8.02. The molecule has 4 rings (SSSR count). The van der Waals surface area contributed by atoms with Crippen LogP contribution in [-0.2, 0) is 9.59 Å². The van der Waals surface area contributed by atoms with E-state index in [1.807, 2.05) is 47.3 Å². The Labute approximate surface area is 231 Å². The van der Waals surface area contributed by atoms with Gasteiger partial charge >= 0.3 is 0 Å². The van der Waals surface area contributed by atoms with Gasteiger partial charge in [0.2, 0.25) is 11.8 Å². The van der Waals surface area contributed by atoms with Crippen LogP contribution in [0.4, 0.5) is 5.69 Å². The van der Waals surface area contributed by atoms with E-state index in [0.29, 0.717) is 48.9 Å². The zero-order valence-corrected chi connectivity index (χ0v) is 24.0. The highest BCUT2D eigenvalue weighted by atomic mass is 16.3. The van der Waals surface area contributed by atoms with Crippen molar-refractivity contribution < 1.29 is 18.8 Å². The Morgan fingerprint density at radius 3 is 2.26 bits per heavy atom. The van der Waals surface area contributed by atoms with Crippen molar-refractivity contribution in [2.24, 2.45) is 11.8 Å². The smallest absolute Gasteiger partial charge is 0.227 e. The van der Waals surface area contributed by atoms with Crippen LogP contribution in [0.25, 0.3) is 11.0 Å². The molecule has 0 bridgehead atoms. The average molecular weight is 536 g/mol. The van der Waals surface area contributed by atoms with Crippen molar-refractivity contribution in [2.75, 3.05) is 39.5 Å². The number of pyridine rings is 2. The first kappa shape index (κ1) is 30.0. The molecule has 1 fully saturated rings. The lowest BCUT2D eigenvalue weighted by molar-refractivity contribution is -0.136. The molecule has 0 aromatic carbocycles. The summed E-state index contributed by atoms with van der Waals surface area (Å²) in [6.45, 7) is 7.30. The fraction of sp³-hybridized carbons (Fsp3) is 0.500. The second-order valence-electron chi connectivity index (χ2n) is 10.5. The number of rotatable bonds is 8. The van der Waals surface area contributed by atoms with Gasteiger partial charge in [0, 0.05) is 62.7 Å². The van der Waals surface area contributed by atoms with Gasteiger partial charge in [-0.25, -0.2) is 0 Å². The van der Waals surface area contributed by atoms with Gasteiger partial charge < -0.3 is 19.5 Å². The maximum atomic E-state index is 13.0. The number of fused-ring (bicyclic) bond motifs is 1. The van der Waals surface area contributed by atoms with Crippen molar-refractivity contribution in [2.45, 2.75) is 52.9 Å². The number of furan rings is 1. The quantitative estimate of drug-likeness (QED) is 0.409. The maximum Gasteiger partial charge on any atom is 0.227 e. The molecule has 39 heavy (non-hydrogen) atoms. The molecule has 0 unspecified atom stereocenters. The minimum atomic E-state index is -0.192. The number of carbonyl (C=O) groups is 3. The third kappa shape index (κ3) is 8.20. The van der Waals surface area contributed by atoms with Crippen LogP contribution in [-0.4, -0.2) is 71.6 Å². The lowest BCUT2D eigenvalue weighted by Gasteiger charge is -2.30. The largest absolute Gasteiger partial charge is 0.451 e. The van der Waals surface area contributed by atoms with Crippen molar-refractivity contribution in [1.82, 2.24) is 19.8 Å². The number of likely N-dealkylation sites (N-methyl/N-ethyl adjacent to an activating group) is 2. The van der Waals surface area contributed by atoms with E-state index in [1.54, 1.807) is 30.3 Å². The Bertz CT molecular complexity index is 1240. The molecule has 1 aliphatic rings. The van der Waals surface area contributed by atoms with Crippen molar-refractivity contribution >= 4 is 34.3 Å². The van der Waals surface area contributed by atoms with Gasteiger partial charge in [-0.15, -0.1) is 0 Å². The number of aromatic nitrogens is 2. The number of aryl methyl sites for hydroxylation is 2. The number of anilines is 1. The molecule has 1 aliphatic carbocycles. The molecule has 1 saturated carbocycles. The van der Waals surface area contributed by atoms with Crippen LogP contribution in [0.3, 0.4) is 0 Å². The summed E-state index contributed by atoms with van der Waals surface area (Å²) < 4.78 is 5.70. The number of ketones is 1. The normalized spacial score (nSPS) is 16.9. The predicted molar refractivity (Wildman–Crippen MR) is 153 cm³/mol. The summed E-state index contributed by atoms with van der Waals surface area (Å²) in [5.74, 6) is -0.200. The fourth-order valence-corrected chi connectivity index (χ4v) is 4.56. The first-order chi connectivity index (χ1) is 18.6. The van der Waals surface area contributed by atoms with Crippen molar-refractivity contribution in [3.05, 3.63) is 53.8 Å². The van der Waals surface area contributed by atoms with Crippen LogP contribution in [0.15, 0.2) is 41.2 Å². The summed E-state index contributed by atoms with van der Waals surface area (Å²) in [4.78, 5) is 50.0. The third-order valence-corrected chi connectivity index (χ3v) is 7.08. The second-order valence-corrected chi connectivity index (χ2v) is 10.5. The molecule has 0 radical (unpaired) electrons. The van der Waals surface area contributed by atoms with Crippen LogP contribution >= 0.6 is 0 Å². The van der Waals surface area contributed by atoms with E-state index in [4.69, 9.17) is 4.42 Å². The van der Waals surface area contributed by atoms with Crippen molar-refractivity contribution in [3.63, 3.8) is 0 Å². The number of Topliss-reactive ketones (excluding diaryl/α,β-unsaturated/α-hetero) is 1. The van der Waals surface area contributed by atoms with Gasteiger partial charge in [-0.05, 0) is 71.3 Å². The molecule has 0 saturated heterocycles. The van der Waals surface area contributed by atoms with E-state index < -0.39 is 0 Å². The molecule has 2 amide bonds. The average Bonchev–Trinajstić information content (AvgIpc) is 3.31. The van der Waals surface area contributed by atoms with Gasteiger partial charge in [-0.2, -0.15) is 0 Å². The highest BCUT2D eigenvalue weighted by Crippen LogP contribution is 2.34. The van der Waals surface area contributed by atoms with Crippen molar-refractivity contribution in [3.8, 4) is 0 Å². The van der Waals surface area contributed by atoms with E-state index in [1.165, 1.54) is 5.56 Å². The molecule has 3 aromatic heterocycles. The molecule has 9 heteroatoms. The molecule has 9 nitrogen and oxygen atoms in total. The number of hydrogen-bond acceptors (Lipinski definition) is 7. The predicted octanol–water partition coefficient (Wildman–Crippen LogP) is 4.88. The van der Waals surface area contributed by atoms with Crippen LogP contribution in [0.2, 0.25) is 0 Å². The maximum absolute atomic E-state index is 13.0. The molecule has 0 aliphatic heterocycles. The van der Waals surface area contributed by atoms with Crippen LogP contribution in [0.5, 0.6) is 0 Å². The summed E-state index contributed by atoms with van der Waals surface area (Å²) in [5, 5.41) is 3.55. The van der Waals surface area contributed by atoms with E-state index >= 15 is 0 Å². The lowest BCUT2D eigenvalue weighted by Crippen LogP contribution is -2.39. The Balaban J connectivity index is 0.000000449. The topological polar surface area (TPSA) is 109 Å². The fourth-order valence-electron chi connectivity index (χ4n) is 4.56. The Kier molecular flexibility index (Phi) is 10.7. The van der Waals surface area contributed by atoms with Crippen LogP contribution in [0, 0.1) is 25.7 Å². The standard InChI is InChI=1S/C23H32N4O4.C7H9N/c1-5-18(28)21-20(17-14-24-11-10-19(17)31-21)25-22(29)15-6-8-16(9-7-15)23(30)27(4)13-12-26(2)3;1-6-3-4-7(2)8-5-6/h10-11,14-16H,5-9,12-13H2,1-4H3,(H,25,29);3-5H,1-2H3. The van der Waals surface area contributed by atoms with E-state index in [-0.39, 0.29) is 41.6 Å². The first-order valence-electron chi connectivity index (χ1n) is 13.6. The van der Waals surface area contributed by atoms with E-state index in [9.17, 15) is 14.4 Å². The summed E-state index contributed by atoms with van der Waals surface area (Å²) in [7, 11) is 5.82. The van der Waals surface area contributed by atoms with Gasteiger partial charge in [-0.3, -0.25) is 24.4 Å². The van der Waals surface area contributed by atoms with Gasteiger partial charge in [-0.1, -0.05) is 13.0 Å². The number of amides is 2. The zero-order chi connectivity index (χ0) is 28.5. The Hall–Kier alpha value is -3.59. The number of carbonyl (C=O) groups excluding carboxylic acids is 3. The molecule has 3 aromatic rings. The highest BCUT2D eigenvalue weighted by Gasteiger charge is 2.32. The van der Waals surface area contributed by atoms with Crippen molar-refractivity contribution in [1.29, 1.82) is 0 Å². The van der Waals surface area contributed by atoms with Crippen LogP contribution < -0.4 is 5.32 Å². The van der Waals surface area contributed by atoms with Crippen LogP contribution in [0.1, 0.15) is 60.8 Å². The summed E-state index contributed by atoms with van der Waals surface area (Å²) >= 11 is 0. The lowest BCUT2D eigenvalue weighted by atomic mass is 9.81. The molecule has 0 spiro atoms.